The van der Waals surface area contributed by atoms with Crippen LogP contribution >= 0.6 is 0 Å². The van der Waals surface area contributed by atoms with Crippen molar-refractivity contribution >= 4 is 11.6 Å². The van der Waals surface area contributed by atoms with Crippen LogP contribution in [0, 0.1) is 19.8 Å². The van der Waals surface area contributed by atoms with E-state index in [9.17, 15) is 4.79 Å². The Hall–Kier alpha value is -3.02. The maximum Gasteiger partial charge on any atom is 0.289 e. The highest BCUT2D eigenvalue weighted by atomic mass is 16.4. The van der Waals surface area contributed by atoms with Crippen LogP contribution in [0.4, 0.5) is 5.69 Å². The molecule has 6 nitrogen and oxygen atoms in total. The average Bonchev–Trinajstić information content (AvgIpc) is 3.45. The third kappa shape index (κ3) is 2.70. The number of likely N-dealkylation sites (tertiary alicyclic amines) is 1. The molecule has 3 aromatic heterocycles. The van der Waals surface area contributed by atoms with E-state index in [-0.39, 0.29) is 11.4 Å². The highest BCUT2D eigenvalue weighted by Gasteiger charge is 2.51. The molecule has 1 amide bonds. The summed E-state index contributed by atoms with van der Waals surface area (Å²) in [7, 11) is 0. The average molecular weight is 405 g/mol. The molecule has 0 aliphatic carbocycles. The Bertz CT molecular complexity index is 1090. The number of rotatable bonds is 3. The van der Waals surface area contributed by atoms with E-state index in [1.807, 2.05) is 37.1 Å². The molecule has 156 valence electrons. The maximum absolute atomic E-state index is 13.3. The maximum atomic E-state index is 13.3. The van der Waals surface area contributed by atoms with E-state index in [1.54, 1.807) is 0 Å². The Morgan fingerprint density at radius 2 is 2.10 bits per heavy atom. The van der Waals surface area contributed by atoms with Gasteiger partial charge in [-0.2, -0.15) is 0 Å². The number of hydrogen-bond acceptors (Lipinski definition) is 4. The normalized spacial score (nSPS) is 20.2. The Morgan fingerprint density at radius 3 is 2.83 bits per heavy atom. The van der Waals surface area contributed by atoms with Gasteiger partial charge in [-0.25, -0.2) is 4.98 Å². The zero-order valence-corrected chi connectivity index (χ0v) is 18.1. The predicted octanol–water partition coefficient (Wildman–Crippen LogP) is 4.30. The second-order valence-electron chi connectivity index (χ2n) is 8.97. The van der Waals surface area contributed by atoms with Gasteiger partial charge in [0.05, 0.1) is 17.9 Å². The zero-order valence-electron chi connectivity index (χ0n) is 18.1. The Labute approximate surface area is 177 Å². The monoisotopic (exact) mass is 404 g/mol. The molecular weight excluding hydrogens is 376 g/mol. The molecule has 1 fully saturated rings. The fourth-order valence-electron chi connectivity index (χ4n) is 4.97. The van der Waals surface area contributed by atoms with Crippen LogP contribution in [-0.2, 0) is 5.54 Å². The highest BCUT2D eigenvalue weighted by Crippen LogP contribution is 2.47. The number of carbonyl (C=O) groups is 1. The molecule has 1 saturated heterocycles. The van der Waals surface area contributed by atoms with Gasteiger partial charge in [-0.3, -0.25) is 4.79 Å². The van der Waals surface area contributed by atoms with Crippen LogP contribution in [-0.4, -0.2) is 40.0 Å². The van der Waals surface area contributed by atoms with Crippen LogP contribution in [0.3, 0.4) is 0 Å². The quantitative estimate of drug-likeness (QED) is 0.653. The molecule has 1 spiro atoms. The van der Waals surface area contributed by atoms with Gasteiger partial charge in [0, 0.05) is 25.5 Å². The first-order valence-corrected chi connectivity index (χ1v) is 10.7. The summed E-state index contributed by atoms with van der Waals surface area (Å²) in [5, 5.41) is 0. The van der Waals surface area contributed by atoms with Crippen LogP contribution < -0.4 is 4.90 Å². The largest absolute Gasteiger partial charge is 0.456 e. The Morgan fingerprint density at radius 1 is 1.27 bits per heavy atom. The summed E-state index contributed by atoms with van der Waals surface area (Å²) >= 11 is 0. The lowest BCUT2D eigenvalue weighted by atomic mass is 9.88. The van der Waals surface area contributed by atoms with Crippen LogP contribution in [0.5, 0.6) is 0 Å². The number of anilines is 1. The minimum Gasteiger partial charge on any atom is -0.456 e. The lowest BCUT2D eigenvalue weighted by Crippen LogP contribution is -2.54. The first-order valence-electron chi connectivity index (χ1n) is 10.7. The number of amides is 1. The molecule has 0 bridgehead atoms. The second kappa shape index (κ2) is 6.76. The van der Waals surface area contributed by atoms with Gasteiger partial charge in [-0.1, -0.05) is 13.8 Å². The van der Waals surface area contributed by atoms with Crippen LogP contribution in [0.1, 0.15) is 47.8 Å². The van der Waals surface area contributed by atoms with Crippen LogP contribution in [0.15, 0.2) is 47.1 Å². The number of hydrogen-bond donors (Lipinski definition) is 0. The standard InChI is InChI=1S/C24H28N4O2/c1-16(2)14-28-19-7-5-10-25-22(19)27-11-6-8-21(27)24(28)9-12-26(15-24)23(29)20-13-17(3)18(4)30-20/h5-8,10-11,13,16H,9,12,14-15H2,1-4H3/t24-/m1/s1. The van der Waals surface area contributed by atoms with Crippen molar-refractivity contribution in [2.45, 2.75) is 39.7 Å². The summed E-state index contributed by atoms with van der Waals surface area (Å²) in [5.41, 5.74) is 3.08. The number of pyridine rings is 1. The summed E-state index contributed by atoms with van der Waals surface area (Å²) < 4.78 is 7.94. The highest BCUT2D eigenvalue weighted by molar-refractivity contribution is 5.92. The third-order valence-electron chi connectivity index (χ3n) is 6.49. The Kier molecular flexibility index (Phi) is 4.27. The molecule has 2 aliphatic heterocycles. The fraction of sp³-hybridized carbons (Fsp3) is 0.417. The van der Waals surface area contributed by atoms with Crippen molar-refractivity contribution in [2.75, 3.05) is 24.5 Å². The van der Waals surface area contributed by atoms with E-state index < -0.39 is 0 Å². The lowest BCUT2D eigenvalue weighted by Gasteiger charge is -2.47. The number of carbonyl (C=O) groups excluding carboxylic acids is 1. The zero-order chi connectivity index (χ0) is 21.0. The van der Waals surface area contributed by atoms with Crippen molar-refractivity contribution in [3.05, 3.63) is 65.5 Å². The number of fused-ring (bicyclic) bond motifs is 4. The van der Waals surface area contributed by atoms with Crippen molar-refractivity contribution in [2.24, 2.45) is 5.92 Å². The van der Waals surface area contributed by atoms with E-state index in [0.717, 1.165) is 35.8 Å². The van der Waals surface area contributed by atoms with Crippen LogP contribution in [0.2, 0.25) is 0 Å². The number of furan rings is 1. The second-order valence-corrected chi connectivity index (χ2v) is 8.97. The van der Waals surface area contributed by atoms with E-state index in [2.05, 4.69) is 52.7 Å². The molecule has 0 N–H and O–H groups in total. The molecule has 1 atom stereocenters. The van der Waals surface area contributed by atoms with Gasteiger partial charge in [-0.15, -0.1) is 0 Å². The summed E-state index contributed by atoms with van der Waals surface area (Å²) in [4.78, 5) is 22.4. The van der Waals surface area contributed by atoms with Gasteiger partial charge in [0.25, 0.3) is 5.91 Å². The molecular formula is C24H28N4O2. The van der Waals surface area contributed by atoms with Gasteiger partial charge < -0.3 is 18.8 Å². The number of nitrogens with zero attached hydrogens (tertiary/aromatic N) is 4. The number of aryl methyl sites for hydroxylation is 2. The molecule has 0 saturated carbocycles. The Balaban J connectivity index is 1.57. The molecule has 6 heteroatoms. The summed E-state index contributed by atoms with van der Waals surface area (Å²) in [6, 6.07) is 10.3. The topological polar surface area (TPSA) is 54.5 Å². The molecule has 0 aromatic carbocycles. The smallest absolute Gasteiger partial charge is 0.289 e. The minimum absolute atomic E-state index is 0.0253. The van der Waals surface area contributed by atoms with Gasteiger partial charge in [0.15, 0.2) is 11.6 Å². The van der Waals surface area contributed by atoms with Crippen molar-refractivity contribution in [3.8, 4) is 5.82 Å². The third-order valence-corrected chi connectivity index (χ3v) is 6.49. The fourth-order valence-corrected chi connectivity index (χ4v) is 4.97. The lowest BCUT2D eigenvalue weighted by molar-refractivity contribution is 0.0748. The van der Waals surface area contributed by atoms with Crippen molar-refractivity contribution in [1.82, 2.24) is 14.5 Å². The van der Waals surface area contributed by atoms with E-state index >= 15 is 0 Å². The SMILES string of the molecule is Cc1cc(C(=O)N2CC[C@@]3(C2)c2cccn2-c2ncccc2N3CC(C)C)oc1C. The van der Waals surface area contributed by atoms with E-state index in [1.165, 1.54) is 5.69 Å². The summed E-state index contributed by atoms with van der Waals surface area (Å²) in [5.74, 6) is 2.66. The molecule has 5 rings (SSSR count). The van der Waals surface area contributed by atoms with Crippen LogP contribution in [0.25, 0.3) is 5.82 Å². The predicted molar refractivity (Wildman–Crippen MR) is 116 cm³/mol. The minimum atomic E-state index is -0.268. The molecule has 3 aromatic rings. The summed E-state index contributed by atoms with van der Waals surface area (Å²) in [6.07, 6.45) is 4.81. The molecule has 30 heavy (non-hydrogen) atoms. The van der Waals surface area contributed by atoms with E-state index in [4.69, 9.17) is 4.42 Å². The molecule has 0 unspecified atom stereocenters. The molecule has 5 heterocycles. The van der Waals surface area contributed by atoms with Gasteiger partial charge in [0.1, 0.15) is 11.3 Å². The van der Waals surface area contributed by atoms with Crippen molar-refractivity contribution < 1.29 is 9.21 Å². The van der Waals surface area contributed by atoms with Gasteiger partial charge >= 0.3 is 0 Å². The summed E-state index contributed by atoms with van der Waals surface area (Å²) in [6.45, 7) is 10.6. The van der Waals surface area contributed by atoms with Gasteiger partial charge in [-0.05, 0) is 62.1 Å². The van der Waals surface area contributed by atoms with Crippen molar-refractivity contribution in [3.63, 3.8) is 0 Å². The van der Waals surface area contributed by atoms with Gasteiger partial charge in [0.2, 0.25) is 0 Å². The molecule has 0 radical (unpaired) electrons. The first-order chi connectivity index (χ1) is 14.4. The van der Waals surface area contributed by atoms with Crippen molar-refractivity contribution in [1.29, 1.82) is 0 Å². The first kappa shape index (κ1) is 19.0. The number of aromatic nitrogens is 2. The van der Waals surface area contributed by atoms with E-state index in [0.29, 0.717) is 24.8 Å². The molecule has 2 aliphatic rings.